The number of hydrogen-bond acceptors (Lipinski definition) is 5. The highest BCUT2D eigenvalue weighted by Crippen LogP contribution is 2.51. The summed E-state index contributed by atoms with van der Waals surface area (Å²) in [4.78, 5) is 0. The van der Waals surface area contributed by atoms with Gasteiger partial charge in [0, 0.05) is 6.42 Å². The van der Waals surface area contributed by atoms with Gasteiger partial charge in [0.25, 0.3) is 0 Å². The molecule has 1 heterocycles. The van der Waals surface area contributed by atoms with E-state index in [4.69, 9.17) is 9.16 Å². The van der Waals surface area contributed by atoms with Crippen molar-refractivity contribution >= 4 is 31.8 Å². The minimum atomic E-state index is -1.98. The molecule has 0 spiro atoms. The molecule has 3 rings (SSSR count). The number of ether oxygens (including phenoxy) is 1. The summed E-state index contributed by atoms with van der Waals surface area (Å²) in [5.41, 5.74) is 2.18. The van der Waals surface area contributed by atoms with E-state index in [-0.39, 0.29) is 15.2 Å². The van der Waals surface area contributed by atoms with Crippen molar-refractivity contribution in [2.75, 3.05) is 18.1 Å². The third-order valence-electron chi connectivity index (χ3n) is 6.93. The number of thioether (sulfide) groups is 2. The minimum absolute atomic E-state index is 0.00526. The molecule has 34 heavy (non-hydrogen) atoms. The Morgan fingerprint density at radius 3 is 2.12 bits per heavy atom. The van der Waals surface area contributed by atoms with E-state index in [1.54, 1.807) is 0 Å². The third-order valence-corrected chi connectivity index (χ3v) is 14.9. The van der Waals surface area contributed by atoms with E-state index in [1.165, 1.54) is 12.0 Å². The number of benzene rings is 2. The SMILES string of the molecule is CC(C)(C)[Si](C)(C)O[C@H](COCc1ccccc1)CC1(C[C@H](O)c2ccccc2)SCCCS1. The molecule has 2 aromatic rings. The average Bonchev–Trinajstić information content (AvgIpc) is 2.80. The molecule has 1 aliphatic rings. The van der Waals surface area contributed by atoms with Crippen molar-refractivity contribution in [1.82, 2.24) is 0 Å². The van der Waals surface area contributed by atoms with Crippen LogP contribution in [0.15, 0.2) is 60.7 Å². The zero-order chi connectivity index (χ0) is 24.7. The van der Waals surface area contributed by atoms with Crippen molar-refractivity contribution in [3.05, 3.63) is 71.8 Å². The van der Waals surface area contributed by atoms with E-state index >= 15 is 0 Å². The molecular formula is C28H42O3S2Si. The standard InChI is InChI=1S/C28H42O3S2Si/c1-27(2,3)34(4,5)31-25(22-30-21-23-13-8-6-9-14-23)19-28(32-17-12-18-33-28)20-26(29)24-15-10-7-11-16-24/h6-11,13-16,25-26,29H,12,17-22H2,1-5H3/t25-,26-/m0/s1. The van der Waals surface area contributed by atoms with Crippen molar-refractivity contribution in [3.8, 4) is 0 Å². The summed E-state index contributed by atoms with van der Waals surface area (Å²) in [5.74, 6) is 2.26. The van der Waals surface area contributed by atoms with Gasteiger partial charge in [-0.3, -0.25) is 0 Å². The first-order chi connectivity index (χ1) is 16.1. The lowest BCUT2D eigenvalue weighted by Gasteiger charge is -2.44. The Bertz CT molecular complexity index is 849. The molecule has 1 aliphatic heterocycles. The Balaban J connectivity index is 1.76. The summed E-state index contributed by atoms with van der Waals surface area (Å²) in [5, 5.41) is 11.3. The highest BCUT2D eigenvalue weighted by atomic mass is 32.2. The first-order valence-corrected chi connectivity index (χ1v) is 17.3. The summed E-state index contributed by atoms with van der Waals surface area (Å²) < 4.78 is 13.1. The Hall–Kier alpha value is -0.763. The highest BCUT2D eigenvalue weighted by Gasteiger charge is 2.43. The zero-order valence-electron chi connectivity index (χ0n) is 21.5. The number of aliphatic hydroxyl groups excluding tert-OH is 1. The molecule has 0 aromatic heterocycles. The average molecular weight is 519 g/mol. The maximum atomic E-state index is 11.1. The van der Waals surface area contributed by atoms with Crippen LogP contribution in [0.2, 0.25) is 18.1 Å². The minimum Gasteiger partial charge on any atom is -0.412 e. The number of aliphatic hydroxyl groups is 1. The molecule has 1 fully saturated rings. The van der Waals surface area contributed by atoms with Crippen molar-refractivity contribution in [3.63, 3.8) is 0 Å². The molecule has 0 aliphatic carbocycles. The smallest absolute Gasteiger partial charge is 0.192 e. The van der Waals surface area contributed by atoms with E-state index in [2.05, 4.69) is 58.1 Å². The maximum Gasteiger partial charge on any atom is 0.192 e. The van der Waals surface area contributed by atoms with Gasteiger partial charge in [-0.05, 0) is 53.6 Å². The van der Waals surface area contributed by atoms with Gasteiger partial charge >= 0.3 is 0 Å². The molecule has 3 nitrogen and oxygen atoms in total. The van der Waals surface area contributed by atoms with E-state index < -0.39 is 14.4 Å². The largest absolute Gasteiger partial charge is 0.412 e. The fraction of sp³-hybridized carbons (Fsp3) is 0.571. The monoisotopic (exact) mass is 518 g/mol. The van der Waals surface area contributed by atoms with Gasteiger partial charge in [0.1, 0.15) is 0 Å². The van der Waals surface area contributed by atoms with Crippen LogP contribution >= 0.6 is 23.5 Å². The molecule has 1 N–H and O–H groups in total. The second kappa shape index (κ2) is 12.5. The molecule has 0 amide bonds. The molecule has 2 aromatic carbocycles. The van der Waals surface area contributed by atoms with Crippen LogP contribution in [0.4, 0.5) is 0 Å². The predicted molar refractivity (Wildman–Crippen MR) is 151 cm³/mol. The van der Waals surface area contributed by atoms with Crippen LogP contribution in [0.25, 0.3) is 0 Å². The molecular weight excluding hydrogens is 477 g/mol. The highest BCUT2D eigenvalue weighted by molar-refractivity contribution is 8.18. The molecule has 1 saturated heterocycles. The Morgan fingerprint density at radius 2 is 1.53 bits per heavy atom. The van der Waals surface area contributed by atoms with Gasteiger partial charge in [-0.1, -0.05) is 81.4 Å². The van der Waals surface area contributed by atoms with E-state index in [0.717, 1.165) is 29.9 Å². The number of rotatable bonds is 11. The van der Waals surface area contributed by atoms with Crippen LogP contribution < -0.4 is 0 Å². The zero-order valence-corrected chi connectivity index (χ0v) is 24.1. The second-order valence-corrected chi connectivity index (χ2v) is 18.8. The molecule has 2 atom stereocenters. The fourth-order valence-electron chi connectivity index (χ4n) is 3.98. The third kappa shape index (κ3) is 8.14. The summed E-state index contributed by atoms with van der Waals surface area (Å²) in [6.45, 7) is 12.7. The van der Waals surface area contributed by atoms with Crippen LogP contribution in [0.1, 0.15) is 57.3 Å². The van der Waals surface area contributed by atoms with Gasteiger partial charge < -0.3 is 14.3 Å². The van der Waals surface area contributed by atoms with Gasteiger partial charge in [-0.2, -0.15) is 0 Å². The summed E-state index contributed by atoms with van der Waals surface area (Å²) in [6, 6.07) is 20.4. The van der Waals surface area contributed by atoms with E-state index in [1.807, 2.05) is 59.9 Å². The lowest BCUT2D eigenvalue weighted by Crippen LogP contribution is -2.47. The van der Waals surface area contributed by atoms with Crippen molar-refractivity contribution in [2.24, 2.45) is 0 Å². The maximum absolute atomic E-state index is 11.1. The van der Waals surface area contributed by atoms with Crippen LogP contribution in [-0.4, -0.2) is 41.7 Å². The van der Waals surface area contributed by atoms with Crippen LogP contribution in [0.5, 0.6) is 0 Å². The summed E-state index contributed by atoms with van der Waals surface area (Å²) >= 11 is 4.02. The van der Waals surface area contributed by atoms with Crippen LogP contribution in [0.3, 0.4) is 0 Å². The summed E-state index contributed by atoms with van der Waals surface area (Å²) in [6.07, 6.45) is 2.36. The van der Waals surface area contributed by atoms with Crippen LogP contribution in [0, 0.1) is 0 Å². The number of hydrogen-bond donors (Lipinski definition) is 1. The molecule has 0 bridgehead atoms. The quantitative estimate of drug-likeness (QED) is 0.309. The molecule has 6 heteroatoms. The van der Waals surface area contributed by atoms with E-state index in [9.17, 15) is 5.11 Å². The molecule has 0 saturated carbocycles. The molecule has 0 radical (unpaired) electrons. The van der Waals surface area contributed by atoms with Gasteiger partial charge in [0.15, 0.2) is 8.32 Å². The molecule has 188 valence electrons. The van der Waals surface area contributed by atoms with E-state index in [0.29, 0.717) is 13.2 Å². The molecule has 0 unspecified atom stereocenters. The van der Waals surface area contributed by atoms with Gasteiger partial charge in [0.05, 0.1) is 29.5 Å². The topological polar surface area (TPSA) is 38.7 Å². The lowest BCUT2D eigenvalue weighted by atomic mass is 10.0. The first-order valence-electron chi connectivity index (χ1n) is 12.4. The predicted octanol–water partition coefficient (Wildman–Crippen LogP) is 7.67. The Morgan fingerprint density at radius 1 is 0.941 bits per heavy atom. The van der Waals surface area contributed by atoms with Gasteiger partial charge in [-0.15, -0.1) is 23.5 Å². The Kier molecular flexibility index (Phi) is 10.2. The van der Waals surface area contributed by atoms with Crippen LogP contribution in [-0.2, 0) is 15.8 Å². The Labute approximate surface area is 216 Å². The first kappa shape index (κ1) is 27.8. The normalized spacial score (nSPS) is 18.4. The van der Waals surface area contributed by atoms with Crippen molar-refractivity contribution in [2.45, 2.75) is 81.1 Å². The lowest BCUT2D eigenvalue weighted by molar-refractivity contribution is 0.0269. The van der Waals surface area contributed by atoms with Gasteiger partial charge in [0.2, 0.25) is 0 Å². The van der Waals surface area contributed by atoms with Crippen molar-refractivity contribution < 1.29 is 14.3 Å². The van der Waals surface area contributed by atoms with Gasteiger partial charge in [-0.25, -0.2) is 0 Å². The second-order valence-electron chi connectivity index (χ2n) is 10.8. The van der Waals surface area contributed by atoms with Crippen molar-refractivity contribution in [1.29, 1.82) is 0 Å². The fourth-order valence-corrected chi connectivity index (χ4v) is 8.82. The summed E-state index contributed by atoms with van der Waals surface area (Å²) in [7, 11) is -1.98.